The molecule has 2 amide bonds. The maximum absolute atomic E-state index is 14.1. The quantitative estimate of drug-likeness (QED) is 0.321. The fourth-order valence-corrected chi connectivity index (χ4v) is 4.86. The van der Waals surface area contributed by atoms with E-state index in [9.17, 15) is 14.0 Å². The third-order valence-electron chi connectivity index (χ3n) is 6.79. The largest absolute Gasteiger partial charge is 0.486 e. The molecule has 0 spiro atoms. The zero-order chi connectivity index (χ0) is 27.2. The van der Waals surface area contributed by atoms with E-state index in [1.165, 1.54) is 12.1 Å². The topological polar surface area (TPSA) is 84.7 Å². The second-order valence-electron chi connectivity index (χ2n) is 9.39. The molecule has 1 aliphatic rings. The molecule has 39 heavy (non-hydrogen) atoms. The number of carbonyl (C=O) groups is 2. The molecule has 0 fully saturated rings. The van der Waals surface area contributed by atoms with E-state index in [0.717, 1.165) is 22.4 Å². The molecule has 0 radical (unpaired) electrons. The van der Waals surface area contributed by atoms with Gasteiger partial charge in [0.1, 0.15) is 23.9 Å². The molecule has 1 atom stereocenters. The van der Waals surface area contributed by atoms with Gasteiger partial charge in [-0.15, -0.1) is 0 Å². The summed E-state index contributed by atoms with van der Waals surface area (Å²) in [6, 6.07) is 20.8. The molecule has 200 valence electrons. The van der Waals surface area contributed by atoms with Crippen LogP contribution in [0.25, 0.3) is 0 Å². The van der Waals surface area contributed by atoms with E-state index in [1.54, 1.807) is 24.4 Å². The normalized spacial score (nSPS) is 14.5. The van der Waals surface area contributed by atoms with Crippen molar-refractivity contribution in [2.45, 2.75) is 38.8 Å². The number of fused-ring (bicyclic) bond motifs is 1. The number of ether oxygens (including phenoxy) is 1. The predicted molar refractivity (Wildman–Crippen MR) is 144 cm³/mol. The van der Waals surface area contributed by atoms with Gasteiger partial charge in [-0.05, 0) is 71.6 Å². The maximum atomic E-state index is 14.1. The minimum Gasteiger partial charge on any atom is -0.486 e. The number of carbonyl (C=O) groups excluding carboxylic acids is 2. The highest BCUT2D eigenvalue weighted by molar-refractivity contribution is 5.91. The molecule has 1 unspecified atom stereocenters. The Morgan fingerprint density at radius 1 is 1.10 bits per heavy atom. The molecule has 1 aliphatic heterocycles. The summed E-state index contributed by atoms with van der Waals surface area (Å²) in [5.74, 6) is 0.684. The minimum absolute atomic E-state index is 0.0163. The summed E-state index contributed by atoms with van der Waals surface area (Å²) in [7, 11) is 0. The number of halogens is 1. The fraction of sp³-hybridized carbons (Fsp3) is 0.258. The lowest BCUT2D eigenvalue weighted by atomic mass is 9.87. The van der Waals surface area contributed by atoms with Crippen molar-refractivity contribution in [3.63, 3.8) is 0 Å². The molecule has 3 heterocycles. The van der Waals surface area contributed by atoms with E-state index >= 15 is 0 Å². The molecule has 8 heteroatoms. The number of hydrogen-bond donors (Lipinski definition) is 1. The third kappa shape index (κ3) is 6.17. The Morgan fingerprint density at radius 3 is 2.79 bits per heavy atom. The van der Waals surface area contributed by atoms with Gasteiger partial charge in [0, 0.05) is 37.8 Å². The van der Waals surface area contributed by atoms with Crippen LogP contribution in [-0.4, -0.2) is 34.8 Å². The van der Waals surface area contributed by atoms with Gasteiger partial charge in [-0.2, -0.15) is 0 Å². The van der Waals surface area contributed by atoms with Crippen molar-refractivity contribution in [2.24, 2.45) is 0 Å². The maximum Gasteiger partial charge on any atom is 0.287 e. The fourth-order valence-electron chi connectivity index (χ4n) is 4.86. The first-order valence-electron chi connectivity index (χ1n) is 13.1. The van der Waals surface area contributed by atoms with Crippen molar-refractivity contribution in [1.82, 2.24) is 15.2 Å². The number of nitrogens with one attached hydrogen (secondary N) is 1. The number of nitrogens with zero attached hydrogens (tertiary/aromatic N) is 2. The summed E-state index contributed by atoms with van der Waals surface area (Å²) in [5, 5.41) is 2.84. The van der Waals surface area contributed by atoms with Crippen molar-refractivity contribution < 1.29 is 23.1 Å². The lowest BCUT2D eigenvalue weighted by Gasteiger charge is -2.38. The lowest BCUT2D eigenvalue weighted by molar-refractivity contribution is -0.132. The summed E-state index contributed by atoms with van der Waals surface area (Å²) in [4.78, 5) is 31.3. The van der Waals surface area contributed by atoms with Crippen molar-refractivity contribution in [2.75, 3.05) is 13.1 Å². The van der Waals surface area contributed by atoms with Gasteiger partial charge >= 0.3 is 0 Å². The first kappa shape index (κ1) is 26.2. The highest BCUT2D eigenvalue weighted by Crippen LogP contribution is 2.38. The lowest BCUT2D eigenvalue weighted by Crippen LogP contribution is -2.40. The monoisotopic (exact) mass is 527 g/mol. The molecule has 2 aromatic carbocycles. The molecule has 4 aromatic rings. The first-order valence-corrected chi connectivity index (χ1v) is 13.1. The van der Waals surface area contributed by atoms with Crippen LogP contribution >= 0.6 is 0 Å². The molecule has 0 saturated carbocycles. The van der Waals surface area contributed by atoms with E-state index < -0.39 is 6.04 Å². The van der Waals surface area contributed by atoms with Crippen LogP contribution in [-0.2, 0) is 24.2 Å². The Bertz CT molecular complexity index is 1450. The van der Waals surface area contributed by atoms with Crippen molar-refractivity contribution in [3.05, 3.63) is 119 Å². The van der Waals surface area contributed by atoms with Crippen LogP contribution in [0.15, 0.2) is 83.4 Å². The average Bonchev–Trinajstić information content (AvgIpc) is 3.45. The summed E-state index contributed by atoms with van der Waals surface area (Å²) >= 11 is 0. The number of furan rings is 1. The smallest absolute Gasteiger partial charge is 0.287 e. The van der Waals surface area contributed by atoms with Crippen LogP contribution in [0.5, 0.6) is 5.75 Å². The SMILES string of the molecule is CCC(=O)N1CCc2ccc(OCc3ccc(C(=O)NCCc4ccccn4)o3)cc2C1c1cccc(F)c1. The zero-order valence-electron chi connectivity index (χ0n) is 21.7. The zero-order valence-corrected chi connectivity index (χ0v) is 21.7. The molecular formula is C31H30FN3O4. The number of aromatic nitrogens is 1. The van der Waals surface area contributed by atoms with E-state index in [2.05, 4.69) is 10.3 Å². The van der Waals surface area contributed by atoms with E-state index in [1.807, 2.05) is 54.3 Å². The van der Waals surface area contributed by atoms with Crippen LogP contribution in [0.2, 0.25) is 0 Å². The van der Waals surface area contributed by atoms with E-state index in [-0.39, 0.29) is 30.0 Å². The van der Waals surface area contributed by atoms with Gasteiger partial charge < -0.3 is 19.4 Å². The highest BCUT2D eigenvalue weighted by Gasteiger charge is 2.32. The molecular weight excluding hydrogens is 497 g/mol. The molecule has 2 aromatic heterocycles. The summed E-state index contributed by atoms with van der Waals surface area (Å²) < 4.78 is 25.8. The van der Waals surface area contributed by atoms with Gasteiger partial charge in [0.25, 0.3) is 5.91 Å². The van der Waals surface area contributed by atoms with Crippen LogP contribution in [0.3, 0.4) is 0 Å². The molecule has 0 aliphatic carbocycles. The second-order valence-corrected chi connectivity index (χ2v) is 9.39. The van der Waals surface area contributed by atoms with Gasteiger partial charge in [0.2, 0.25) is 5.91 Å². The molecule has 7 nitrogen and oxygen atoms in total. The molecule has 5 rings (SSSR count). The Hall–Kier alpha value is -4.46. The van der Waals surface area contributed by atoms with Gasteiger partial charge in [-0.3, -0.25) is 14.6 Å². The van der Waals surface area contributed by atoms with E-state index in [0.29, 0.717) is 43.9 Å². The summed E-state index contributed by atoms with van der Waals surface area (Å²) in [6.07, 6.45) is 3.43. The van der Waals surface area contributed by atoms with Gasteiger partial charge in [0.05, 0.1) is 6.04 Å². The predicted octanol–water partition coefficient (Wildman–Crippen LogP) is 5.25. The van der Waals surface area contributed by atoms with Crippen molar-refractivity contribution in [3.8, 4) is 5.75 Å². The van der Waals surface area contributed by atoms with Crippen LogP contribution in [0.4, 0.5) is 4.39 Å². The minimum atomic E-state index is -0.398. The highest BCUT2D eigenvalue weighted by atomic mass is 19.1. The Kier molecular flexibility index (Phi) is 8.01. The van der Waals surface area contributed by atoms with Crippen LogP contribution in [0, 0.1) is 5.82 Å². The first-order chi connectivity index (χ1) is 19.0. The van der Waals surface area contributed by atoms with Crippen LogP contribution in [0.1, 0.15) is 58.1 Å². The average molecular weight is 528 g/mol. The Morgan fingerprint density at radius 2 is 2.00 bits per heavy atom. The number of pyridine rings is 1. The Balaban J connectivity index is 1.26. The van der Waals surface area contributed by atoms with Crippen LogP contribution < -0.4 is 10.1 Å². The third-order valence-corrected chi connectivity index (χ3v) is 6.79. The molecule has 0 bridgehead atoms. The van der Waals surface area contributed by atoms with Crippen molar-refractivity contribution in [1.29, 1.82) is 0 Å². The number of rotatable bonds is 9. The number of hydrogen-bond acceptors (Lipinski definition) is 5. The van der Waals surface area contributed by atoms with E-state index in [4.69, 9.17) is 9.15 Å². The van der Waals surface area contributed by atoms with Gasteiger partial charge in [-0.25, -0.2) is 4.39 Å². The second kappa shape index (κ2) is 11.9. The molecule has 0 saturated heterocycles. The Labute approximate surface area is 226 Å². The molecule has 1 N–H and O–H groups in total. The van der Waals surface area contributed by atoms with Crippen molar-refractivity contribution >= 4 is 11.8 Å². The van der Waals surface area contributed by atoms with Gasteiger partial charge in [0.15, 0.2) is 5.76 Å². The standard InChI is InChI=1S/C31H30FN3O4/c1-2-29(36)35-17-14-21-9-10-25(19-27(21)30(35)22-6-5-7-23(32)18-22)38-20-26-11-12-28(39-26)31(37)34-16-13-24-8-3-4-15-33-24/h3-12,15,18-19,30H,2,13-14,16-17,20H2,1H3,(H,34,37). The summed E-state index contributed by atoms with van der Waals surface area (Å²) in [5.41, 5.74) is 3.64. The number of amides is 2. The number of benzene rings is 2. The summed E-state index contributed by atoms with van der Waals surface area (Å²) in [6.45, 7) is 2.97. The van der Waals surface area contributed by atoms with Gasteiger partial charge in [-0.1, -0.05) is 31.2 Å².